The second-order valence-corrected chi connectivity index (χ2v) is 6.32. The monoisotopic (exact) mass is 379 g/mol. The van der Waals surface area contributed by atoms with E-state index in [0.717, 1.165) is 5.56 Å². The van der Waals surface area contributed by atoms with Crippen molar-refractivity contribution in [1.29, 1.82) is 0 Å². The number of carbonyl (C=O) groups excluding carboxylic acids is 2. The van der Waals surface area contributed by atoms with Gasteiger partial charge in [0.1, 0.15) is 0 Å². The molecule has 3 N–H and O–H groups in total. The molecule has 6 heteroatoms. The Labute approximate surface area is 162 Å². The maximum absolute atomic E-state index is 12.4. The van der Waals surface area contributed by atoms with Crippen molar-refractivity contribution in [2.75, 3.05) is 16.0 Å². The lowest BCUT2D eigenvalue weighted by atomic mass is 10.1. The van der Waals surface area contributed by atoms with Crippen LogP contribution < -0.4 is 16.0 Å². The Bertz CT molecular complexity index is 974. The quantitative estimate of drug-likeness (QED) is 0.556. The van der Waals surface area contributed by atoms with Crippen LogP contribution in [0.1, 0.15) is 15.9 Å². The molecule has 0 unspecified atom stereocenters. The van der Waals surface area contributed by atoms with Crippen molar-refractivity contribution in [2.24, 2.45) is 0 Å². The Hall–Kier alpha value is -3.31. The Kier molecular flexibility index (Phi) is 5.74. The molecule has 0 aromatic heterocycles. The van der Waals surface area contributed by atoms with E-state index in [1.807, 2.05) is 19.1 Å². The second kappa shape index (κ2) is 8.38. The van der Waals surface area contributed by atoms with Crippen molar-refractivity contribution in [3.63, 3.8) is 0 Å². The number of hydrogen-bond acceptors (Lipinski definition) is 2. The fourth-order valence-corrected chi connectivity index (χ4v) is 2.65. The third-order valence-electron chi connectivity index (χ3n) is 3.90. The summed E-state index contributed by atoms with van der Waals surface area (Å²) in [6, 6.07) is 20.8. The Morgan fingerprint density at radius 3 is 2.22 bits per heavy atom. The molecule has 0 fully saturated rings. The molecule has 0 heterocycles. The first kappa shape index (κ1) is 18.5. The molecule has 0 aliphatic rings. The molecule has 3 amide bonds. The van der Waals surface area contributed by atoms with Crippen molar-refractivity contribution in [2.45, 2.75) is 6.92 Å². The first-order chi connectivity index (χ1) is 13.0. The summed E-state index contributed by atoms with van der Waals surface area (Å²) < 4.78 is 0. The lowest BCUT2D eigenvalue weighted by Crippen LogP contribution is -2.20. The number of rotatable bonds is 4. The minimum Gasteiger partial charge on any atom is -0.322 e. The van der Waals surface area contributed by atoms with Gasteiger partial charge < -0.3 is 16.0 Å². The molecule has 0 atom stereocenters. The summed E-state index contributed by atoms with van der Waals surface area (Å²) in [4.78, 5) is 24.6. The summed E-state index contributed by atoms with van der Waals surface area (Å²) in [6.07, 6.45) is 0. The number of para-hydroxylation sites is 1. The van der Waals surface area contributed by atoms with Crippen molar-refractivity contribution < 1.29 is 9.59 Å². The van der Waals surface area contributed by atoms with Gasteiger partial charge in [0.25, 0.3) is 5.91 Å². The van der Waals surface area contributed by atoms with Gasteiger partial charge in [0.2, 0.25) is 0 Å². The number of benzene rings is 3. The zero-order valence-corrected chi connectivity index (χ0v) is 15.4. The zero-order chi connectivity index (χ0) is 19.2. The fourth-order valence-electron chi connectivity index (χ4n) is 2.47. The van der Waals surface area contributed by atoms with Crippen LogP contribution >= 0.6 is 11.6 Å². The van der Waals surface area contributed by atoms with Crippen LogP contribution in [0.4, 0.5) is 21.9 Å². The highest BCUT2D eigenvalue weighted by atomic mass is 35.5. The molecule has 3 aromatic carbocycles. The standard InChI is InChI=1S/C21H18ClN3O2/c1-14-11-12-16(23-21(27)25-18-10-6-5-9-17(18)22)13-19(14)24-20(26)15-7-3-2-4-8-15/h2-13H,1H3,(H,24,26)(H2,23,25,27). The minimum atomic E-state index is -0.424. The molecule has 136 valence electrons. The number of hydrogen-bond donors (Lipinski definition) is 3. The normalized spacial score (nSPS) is 10.1. The van der Waals surface area contributed by atoms with Gasteiger partial charge in [-0.05, 0) is 48.9 Å². The fraction of sp³-hybridized carbons (Fsp3) is 0.0476. The summed E-state index contributed by atoms with van der Waals surface area (Å²) in [5.41, 5.74) is 3.14. The smallest absolute Gasteiger partial charge is 0.322 e. The lowest BCUT2D eigenvalue weighted by Gasteiger charge is -2.13. The van der Waals surface area contributed by atoms with Gasteiger partial charge in [-0.1, -0.05) is 48.0 Å². The van der Waals surface area contributed by atoms with E-state index in [4.69, 9.17) is 11.6 Å². The molecule has 27 heavy (non-hydrogen) atoms. The number of aryl methyl sites for hydroxylation is 1. The Balaban J connectivity index is 1.70. The number of amides is 3. The molecule has 3 rings (SSSR count). The van der Waals surface area contributed by atoms with Gasteiger partial charge in [-0.25, -0.2) is 4.79 Å². The molecule has 0 aliphatic heterocycles. The van der Waals surface area contributed by atoms with Crippen LogP contribution in [0.15, 0.2) is 72.8 Å². The van der Waals surface area contributed by atoms with E-state index < -0.39 is 6.03 Å². The van der Waals surface area contributed by atoms with Crippen molar-refractivity contribution in [3.05, 3.63) is 88.9 Å². The number of carbonyl (C=O) groups is 2. The largest absolute Gasteiger partial charge is 0.323 e. The first-order valence-corrected chi connectivity index (χ1v) is 8.70. The predicted octanol–water partition coefficient (Wildman–Crippen LogP) is 5.54. The second-order valence-electron chi connectivity index (χ2n) is 5.91. The van der Waals surface area contributed by atoms with Crippen molar-refractivity contribution in [1.82, 2.24) is 0 Å². The third-order valence-corrected chi connectivity index (χ3v) is 4.23. The molecule has 0 saturated carbocycles. The van der Waals surface area contributed by atoms with Crippen LogP contribution in [0.5, 0.6) is 0 Å². The molecule has 3 aromatic rings. The van der Waals surface area contributed by atoms with Crippen LogP contribution in [0.2, 0.25) is 5.02 Å². The minimum absolute atomic E-state index is 0.212. The van der Waals surface area contributed by atoms with E-state index in [0.29, 0.717) is 27.6 Å². The molecule has 5 nitrogen and oxygen atoms in total. The summed E-state index contributed by atoms with van der Waals surface area (Å²) in [5.74, 6) is -0.212. The third kappa shape index (κ3) is 4.86. The van der Waals surface area contributed by atoms with Gasteiger partial charge in [0, 0.05) is 16.9 Å². The molecule has 0 aliphatic carbocycles. The summed E-state index contributed by atoms with van der Waals surface area (Å²) in [7, 11) is 0. The maximum atomic E-state index is 12.4. The van der Waals surface area contributed by atoms with E-state index in [9.17, 15) is 9.59 Å². The molecular weight excluding hydrogens is 362 g/mol. The van der Waals surface area contributed by atoms with E-state index in [1.165, 1.54) is 0 Å². The molecule has 0 spiro atoms. The highest BCUT2D eigenvalue weighted by Crippen LogP contribution is 2.23. The average Bonchev–Trinajstić information content (AvgIpc) is 2.67. The van der Waals surface area contributed by atoms with Crippen LogP contribution in [0.3, 0.4) is 0 Å². The summed E-state index contributed by atoms with van der Waals surface area (Å²) >= 11 is 6.04. The Morgan fingerprint density at radius 2 is 1.48 bits per heavy atom. The summed E-state index contributed by atoms with van der Waals surface area (Å²) in [5, 5.41) is 8.75. The Morgan fingerprint density at radius 1 is 0.778 bits per heavy atom. The summed E-state index contributed by atoms with van der Waals surface area (Å²) in [6.45, 7) is 1.88. The number of anilines is 3. The topological polar surface area (TPSA) is 70.2 Å². The average molecular weight is 380 g/mol. The number of halogens is 1. The van der Waals surface area contributed by atoms with Gasteiger partial charge in [0.15, 0.2) is 0 Å². The molecule has 0 saturated heterocycles. The van der Waals surface area contributed by atoms with Crippen LogP contribution in [-0.4, -0.2) is 11.9 Å². The molecule has 0 radical (unpaired) electrons. The zero-order valence-electron chi connectivity index (χ0n) is 14.6. The first-order valence-electron chi connectivity index (χ1n) is 8.32. The highest BCUT2D eigenvalue weighted by Gasteiger charge is 2.10. The van der Waals surface area contributed by atoms with E-state index in [-0.39, 0.29) is 5.91 Å². The molecular formula is C21H18ClN3O2. The van der Waals surface area contributed by atoms with Crippen molar-refractivity contribution in [3.8, 4) is 0 Å². The SMILES string of the molecule is Cc1ccc(NC(=O)Nc2ccccc2Cl)cc1NC(=O)c1ccccc1. The van der Waals surface area contributed by atoms with Crippen LogP contribution in [-0.2, 0) is 0 Å². The predicted molar refractivity (Wildman–Crippen MR) is 110 cm³/mol. The number of urea groups is 1. The number of nitrogens with one attached hydrogen (secondary N) is 3. The van der Waals surface area contributed by atoms with Gasteiger partial charge in [-0.3, -0.25) is 4.79 Å². The van der Waals surface area contributed by atoms with E-state index >= 15 is 0 Å². The van der Waals surface area contributed by atoms with Gasteiger partial charge >= 0.3 is 6.03 Å². The van der Waals surface area contributed by atoms with Gasteiger partial charge in [0.05, 0.1) is 10.7 Å². The maximum Gasteiger partial charge on any atom is 0.323 e. The lowest BCUT2D eigenvalue weighted by molar-refractivity contribution is 0.102. The van der Waals surface area contributed by atoms with Crippen LogP contribution in [0, 0.1) is 6.92 Å². The van der Waals surface area contributed by atoms with Gasteiger partial charge in [-0.2, -0.15) is 0 Å². The van der Waals surface area contributed by atoms with Crippen LogP contribution in [0.25, 0.3) is 0 Å². The van der Waals surface area contributed by atoms with Gasteiger partial charge in [-0.15, -0.1) is 0 Å². The van der Waals surface area contributed by atoms with E-state index in [1.54, 1.807) is 60.7 Å². The van der Waals surface area contributed by atoms with Crippen molar-refractivity contribution >= 4 is 40.6 Å². The van der Waals surface area contributed by atoms with E-state index in [2.05, 4.69) is 16.0 Å². The molecule has 0 bridgehead atoms. The highest BCUT2D eigenvalue weighted by molar-refractivity contribution is 6.33.